The summed E-state index contributed by atoms with van der Waals surface area (Å²) in [6.45, 7) is 6.02. The minimum absolute atomic E-state index is 0.0154. The number of amides is 1. The van der Waals surface area contributed by atoms with Crippen LogP contribution in [0.3, 0.4) is 0 Å². The van der Waals surface area contributed by atoms with Crippen molar-refractivity contribution < 1.29 is 19.8 Å². The molecule has 0 heterocycles. The van der Waals surface area contributed by atoms with E-state index in [0.717, 1.165) is 0 Å². The fraction of sp³-hybridized carbons (Fsp3) is 0.385. The van der Waals surface area contributed by atoms with Crippen LogP contribution in [0.15, 0.2) is 18.2 Å². The van der Waals surface area contributed by atoms with Crippen molar-refractivity contribution in [3.05, 3.63) is 23.8 Å². The van der Waals surface area contributed by atoms with Crippen LogP contribution >= 0.6 is 11.8 Å². The second kappa shape index (κ2) is 5.97. The van der Waals surface area contributed by atoms with E-state index >= 15 is 0 Å². The normalized spacial score (nSPS) is 11.1. The first kappa shape index (κ1) is 15.4. The zero-order valence-corrected chi connectivity index (χ0v) is 11.9. The third-order valence-corrected chi connectivity index (χ3v) is 3.42. The number of hydrogen-bond acceptors (Lipinski definition) is 4. The number of aromatic hydroxyl groups is 1. The van der Waals surface area contributed by atoms with E-state index in [4.69, 9.17) is 5.11 Å². The summed E-state index contributed by atoms with van der Waals surface area (Å²) in [5.74, 6) is -1.48. The van der Waals surface area contributed by atoms with Crippen molar-refractivity contribution in [1.29, 1.82) is 0 Å². The van der Waals surface area contributed by atoms with Gasteiger partial charge in [0.15, 0.2) is 0 Å². The Morgan fingerprint density at radius 3 is 2.47 bits per heavy atom. The summed E-state index contributed by atoms with van der Waals surface area (Å²) >= 11 is 1.50. The molecular weight excluding hydrogens is 266 g/mol. The second-order valence-corrected chi connectivity index (χ2v) is 6.79. The Morgan fingerprint density at radius 1 is 1.32 bits per heavy atom. The number of carboxylic acid groups (broad SMARTS) is 1. The Hall–Kier alpha value is -1.69. The van der Waals surface area contributed by atoms with Crippen molar-refractivity contribution in [2.75, 3.05) is 11.1 Å². The molecule has 0 aliphatic rings. The van der Waals surface area contributed by atoms with Gasteiger partial charge in [-0.3, -0.25) is 4.79 Å². The van der Waals surface area contributed by atoms with Crippen LogP contribution in [-0.2, 0) is 4.79 Å². The van der Waals surface area contributed by atoms with Gasteiger partial charge in [0.2, 0.25) is 5.91 Å². The smallest absolute Gasteiger partial charge is 0.339 e. The number of carboxylic acids is 1. The summed E-state index contributed by atoms with van der Waals surface area (Å²) in [4.78, 5) is 22.5. The summed E-state index contributed by atoms with van der Waals surface area (Å²) in [5.41, 5.74) is 0.121. The molecule has 19 heavy (non-hydrogen) atoms. The van der Waals surface area contributed by atoms with Crippen molar-refractivity contribution >= 4 is 29.3 Å². The summed E-state index contributed by atoms with van der Waals surface area (Å²) in [6, 6.07) is 3.94. The zero-order valence-electron chi connectivity index (χ0n) is 11.1. The second-order valence-electron chi connectivity index (χ2n) is 4.99. The first-order chi connectivity index (χ1) is 8.69. The molecule has 0 aromatic heterocycles. The third kappa shape index (κ3) is 5.21. The van der Waals surface area contributed by atoms with E-state index < -0.39 is 5.97 Å². The first-order valence-electron chi connectivity index (χ1n) is 5.69. The maximum absolute atomic E-state index is 11.7. The molecule has 5 nitrogen and oxygen atoms in total. The van der Waals surface area contributed by atoms with Gasteiger partial charge in [-0.05, 0) is 18.2 Å². The van der Waals surface area contributed by atoms with Gasteiger partial charge in [-0.1, -0.05) is 20.8 Å². The monoisotopic (exact) mass is 283 g/mol. The molecule has 0 spiro atoms. The Morgan fingerprint density at radius 2 is 1.95 bits per heavy atom. The molecule has 1 aromatic carbocycles. The van der Waals surface area contributed by atoms with Crippen molar-refractivity contribution in [3.63, 3.8) is 0 Å². The van der Waals surface area contributed by atoms with E-state index in [-0.39, 0.29) is 27.7 Å². The van der Waals surface area contributed by atoms with E-state index in [2.05, 4.69) is 5.32 Å². The van der Waals surface area contributed by atoms with E-state index in [1.165, 1.54) is 30.0 Å². The molecule has 0 radical (unpaired) electrons. The predicted molar refractivity (Wildman–Crippen MR) is 75.9 cm³/mol. The van der Waals surface area contributed by atoms with Gasteiger partial charge in [0.05, 0.1) is 5.75 Å². The number of phenols is 1. The topological polar surface area (TPSA) is 86.6 Å². The van der Waals surface area contributed by atoms with Crippen LogP contribution in [0, 0.1) is 0 Å². The number of rotatable bonds is 4. The van der Waals surface area contributed by atoms with E-state index in [1.54, 1.807) is 0 Å². The molecule has 0 aliphatic heterocycles. The van der Waals surface area contributed by atoms with Crippen molar-refractivity contribution in [1.82, 2.24) is 0 Å². The van der Waals surface area contributed by atoms with E-state index in [0.29, 0.717) is 5.69 Å². The number of carbonyl (C=O) groups is 2. The molecule has 6 heteroatoms. The van der Waals surface area contributed by atoms with Crippen molar-refractivity contribution in [2.45, 2.75) is 25.5 Å². The van der Waals surface area contributed by atoms with Gasteiger partial charge in [0.1, 0.15) is 11.3 Å². The van der Waals surface area contributed by atoms with Gasteiger partial charge in [-0.2, -0.15) is 0 Å². The molecule has 0 fully saturated rings. The van der Waals surface area contributed by atoms with Gasteiger partial charge in [0.25, 0.3) is 0 Å². The third-order valence-electron chi connectivity index (χ3n) is 2.15. The summed E-state index contributed by atoms with van der Waals surface area (Å²) in [6.07, 6.45) is 0. The lowest BCUT2D eigenvalue weighted by molar-refractivity contribution is -0.113. The molecule has 104 valence electrons. The van der Waals surface area contributed by atoms with Crippen LogP contribution in [0.25, 0.3) is 0 Å². The van der Waals surface area contributed by atoms with E-state index in [9.17, 15) is 14.7 Å². The van der Waals surface area contributed by atoms with Crippen LogP contribution in [0.5, 0.6) is 5.75 Å². The average Bonchev–Trinajstić information content (AvgIpc) is 2.28. The maximum Gasteiger partial charge on any atom is 0.339 e. The number of thioether (sulfide) groups is 1. The lowest BCUT2D eigenvalue weighted by Gasteiger charge is -2.17. The average molecular weight is 283 g/mol. The maximum atomic E-state index is 11.7. The van der Waals surface area contributed by atoms with Crippen LogP contribution in [0.4, 0.5) is 5.69 Å². The largest absolute Gasteiger partial charge is 0.507 e. The Bertz CT molecular complexity index is 494. The molecule has 1 aromatic rings. The van der Waals surface area contributed by atoms with Crippen LogP contribution in [-0.4, -0.2) is 32.6 Å². The van der Waals surface area contributed by atoms with Crippen molar-refractivity contribution in [2.24, 2.45) is 0 Å². The van der Waals surface area contributed by atoms with Gasteiger partial charge in [-0.25, -0.2) is 4.79 Å². The Balaban J connectivity index is 2.70. The number of hydrogen-bond donors (Lipinski definition) is 3. The molecule has 0 aliphatic carbocycles. The highest BCUT2D eigenvalue weighted by molar-refractivity contribution is 8.01. The summed E-state index contributed by atoms with van der Waals surface area (Å²) in [5, 5.41) is 20.8. The predicted octanol–water partition coefficient (Wildman–Crippen LogP) is 2.56. The SMILES string of the molecule is CC(C)(C)SCC(=O)Nc1ccc(O)c(C(=O)O)c1. The lowest BCUT2D eigenvalue weighted by atomic mass is 10.2. The fourth-order valence-electron chi connectivity index (χ4n) is 1.26. The van der Waals surface area contributed by atoms with Crippen LogP contribution < -0.4 is 5.32 Å². The molecule has 3 N–H and O–H groups in total. The minimum atomic E-state index is -1.24. The molecule has 1 amide bonds. The number of aromatic carboxylic acids is 1. The van der Waals surface area contributed by atoms with Gasteiger partial charge < -0.3 is 15.5 Å². The highest BCUT2D eigenvalue weighted by Gasteiger charge is 2.15. The van der Waals surface area contributed by atoms with Gasteiger partial charge >= 0.3 is 5.97 Å². The molecule has 0 saturated carbocycles. The zero-order chi connectivity index (χ0) is 14.6. The Labute approximate surface area is 116 Å². The quantitative estimate of drug-likeness (QED) is 0.739. The molecule has 0 bridgehead atoms. The minimum Gasteiger partial charge on any atom is -0.507 e. The highest BCUT2D eigenvalue weighted by atomic mass is 32.2. The van der Waals surface area contributed by atoms with Crippen molar-refractivity contribution in [3.8, 4) is 5.75 Å². The van der Waals surface area contributed by atoms with Gasteiger partial charge in [0, 0.05) is 10.4 Å². The number of anilines is 1. The molecule has 0 unspecified atom stereocenters. The lowest BCUT2D eigenvalue weighted by Crippen LogP contribution is -2.19. The number of benzene rings is 1. The van der Waals surface area contributed by atoms with E-state index in [1.807, 2.05) is 20.8 Å². The van der Waals surface area contributed by atoms with Crippen LogP contribution in [0.1, 0.15) is 31.1 Å². The standard InChI is InChI=1S/C13H17NO4S/c1-13(2,3)19-7-11(16)14-8-4-5-10(15)9(6-8)12(17)18/h4-6,15H,7H2,1-3H3,(H,14,16)(H,17,18). The Kier molecular flexibility index (Phi) is 4.83. The summed E-state index contributed by atoms with van der Waals surface area (Å²) < 4.78 is -0.0154. The number of carbonyl (C=O) groups excluding carboxylic acids is 1. The van der Waals surface area contributed by atoms with Gasteiger partial charge in [-0.15, -0.1) is 11.8 Å². The molecule has 0 atom stereocenters. The molecular formula is C13H17NO4S. The fourth-order valence-corrected chi connectivity index (χ4v) is 1.90. The van der Waals surface area contributed by atoms with Crippen LogP contribution in [0.2, 0.25) is 0 Å². The highest BCUT2D eigenvalue weighted by Crippen LogP contribution is 2.24. The number of nitrogens with one attached hydrogen (secondary N) is 1. The summed E-state index contributed by atoms with van der Waals surface area (Å²) in [7, 11) is 0. The molecule has 1 rings (SSSR count). The first-order valence-corrected chi connectivity index (χ1v) is 6.68. The molecule has 0 saturated heterocycles.